The van der Waals surface area contributed by atoms with Crippen molar-refractivity contribution in [2.24, 2.45) is 0 Å². The molecule has 0 saturated carbocycles. The number of ether oxygens (including phenoxy) is 2. The molecule has 0 fully saturated rings. The van der Waals surface area contributed by atoms with Crippen molar-refractivity contribution in [3.05, 3.63) is 60.3 Å². The number of hydrogen-bond acceptors (Lipinski definition) is 7. The predicted molar refractivity (Wildman–Crippen MR) is 109 cm³/mol. The molecule has 0 bridgehead atoms. The smallest absolute Gasteiger partial charge is 0.350 e. The summed E-state index contributed by atoms with van der Waals surface area (Å²) in [5.74, 6) is -0.0836. The van der Waals surface area contributed by atoms with Crippen LogP contribution in [0.2, 0.25) is 0 Å². The maximum atomic E-state index is 12.5. The number of nitrogens with one attached hydrogen (secondary N) is 2. The van der Waals surface area contributed by atoms with Crippen molar-refractivity contribution in [1.82, 2.24) is 0 Å². The molecule has 0 spiro atoms. The maximum Gasteiger partial charge on any atom is 0.350 e. The van der Waals surface area contributed by atoms with Crippen molar-refractivity contribution in [2.45, 2.75) is 18.7 Å². The second-order valence-electron chi connectivity index (χ2n) is 5.62. The van der Waals surface area contributed by atoms with Gasteiger partial charge >= 0.3 is 5.97 Å². The van der Waals surface area contributed by atoms with E-state index in [0.717, 1.165) is 0 Å². The Labute approximate surface area is 169 Å². The van der Waals surface area contributed by atoms with Gasteiger partial charge in [-0.25, -0.2) is 13.2 Å². The van der Waals surface area contributed by atoms with Crippen molar-refractivity contribution in [3.63, 3.8) is 0 Å². The first-order valence-corrected chi connectivity index (χ1v) is 10.3. The highest BCUT2D eigenvalue weighted by Crippen LogP contribution is 2.21. The molecule has 0 aromatic heterocycles. The molecule has 152 valence electrons. The van der Waals surface area contributed by atoms with Crippen molar-refractivity contribution < 1.29 is 22.7 Å². The van der Waals surface area contributed by atoms with Crippen LogP contribution in [0.3, 0.4) is 0 Å². The van der Waals surface area contributed by atoms with Crippen LogP contribution in [-0.2, 0) is 19.6 Å². The van der Waals surface area contributed by atoms with Crippen molar-refractivity contribution >= 4 is 27.4 Å². The Morgan fingerprint density at radius 1 is 1.03 bits per heavy atom. The van der Waals surface area contributed by atoms with Gasteiger partial charge < -0.3 is 14.8 Å². The van der Waals surface area contributed by atoms with E-state index < -0.39 is 16.0 Å². The lowest BCUT2D eigenvalue weighted by Gasteiger charge is -2.10. The van der Waals surface area contributed by atoms with Gasteiger partial charge in [0.2, 0.25) is 0 Å². The normalized spacial score (nSPS) is 11.3. The molecule has 0 atom stereocenters. The molecule has 2 aromatic carbocycles. The molecule has 0 unspecified atom stereocenters. The van der Waals surface area contributed by atoms with E-state index in [4.69, 9.17) is 14.7 Å². The number of benzene rings is 2. The molecule has 2 aromatic rings. The summed E-state index contributed by atoms with van der Waals surface area (Å²) in [5.41, 5.74) is 0.717. The summed E-state index contributed by atoms with van der Waals surface area (Å²) in [6, 6.07) is 14.2. The van der Waals surface area contributed by atoms with E-state index in [1.54, 1.807) is 37.3 Å². The molecule has 9 heteroatoms. The average molecular weight is 415 g/mol. The number of hydrogen-bond donors (Lipinski definition) is 2. The number of anilines is 2. The first kappa shape index (κ1) is 21.8. The molecule has 0 heterocycles. The third-order valence-corrected chi connectivity index (χ3v) is 4.98. The van der Waals surface area contributed by atoms with Gasteiger partial charge in [-0.2, -0.15) is 5.26 Å². The van der Waals surface area contributed by atoms with E-state index in [2.05, 4.69) is 10.0 Å². The van der Waals surface area contributed by atoms with Gasteiger partial charge in [0, 0.05) is 17.6 Å². The minimum absolute atomic E-state index is 0.0619. The molecule has 0 aliphatic heterocycles. The molecule has 8 nitrogen and oxygen atoms in total. The number of nitriles is 1. The van der Waals surface area contributed by atoms with E-state index in [1.165, 1.54) is 30.5 Å². The third kappa shape index (κ3) is 6.26. The monoisotopic (exact) mass is 415 g/mol. The van der Waals surface area contributed by atoms with Gasteiger partial charge in [-0.15, -0.1) is 0 Å². The van der Waals surface area contributed by atoms with Crippen LogP contribution in [0.15, 0.2) is 65.2 Å². The summed E-state index contributed by atoms with van der Waals surface area (Å²) in [6.07, 6.45) is 1.21. The second-order valence-corrected chi connectivity index (χ2v) is 7.30. The lowest BCUT2D eigenvalue weighted by molar-refractivity contribution is -0.138. The molecule has 0 amide bonds. The number of sulfonamides is 1. The second kappa shape index (κ2) is 10.1. The molecule has 0 aliphatic rings. The average Bonchev–Trinajstić information content (AvgIpc) is 2.70. The molecule has 0 aliphatic carbocycles. The zero-order valence-electron chi connectivity index (χ0n) is 16.0. The van der Waals surface area contributed by atoms with E-state index in [9.17, 15) is 13.2 Å². The molecule has 2 rings (SSSR count). The third-order valence-electron chi connectivity index (χ3n) is 3.58. The van der Waals surface area contributed by atoms with Crippen molar-refractivity contribution in [1.29, 1.82) is 5.26 Å². The Morgan fingerprint density at radius 2 is 1.66 bits per heavy atom. The first-order valence-electron chi connectivity index (χ1n) is 8.79. The van der Waals surface area contributed by atoms with Gasteiger partial charge in [0.1, 0.15) is 11.8 Å². The molecular weight excluding hydrogens is 394 g/mol. The van der Waals surface area contributed by atoms with E-state index in [-0.39, 0.29) is 17.1 Å². The Kier molecular flexibility index (Phi) is 7.62. The van der Waals surface area contributed by atoms with Gasteiger partial charge in [0.25, 0.3) is 10.0 Å². The Hall–Kier alpha value is -3.51. The number of esters is 1. The highest BCUT2D eigenvalue weighted by Gasteiger charge is 2.14. The van der Waals surface area contributed by atoms with E-state index >= 15 is 0 Å². The fourth-order valence-corrected chi connectivity index (χ4v) is 3.29. The number of rotatable bonds is 9. The fraction of sp³-hybridized carbons (Fsp3) is 0.200. The SMILES string of the molecule is CCOC(=O)/C(C#N)=C/Nc1ccc(S(=O)(=O)Nc2ccc(OCC)cc2)cc1. The van der Waals surface area contributed by atoms with Crippen LogP contribution >= 0.6 is 0 Å². The number of carbonyl (C=O) groups excluding carboxylic acids is 1. The van der Waals surface area contributed by atoms with Crippen molar-refractivity contribution in [3.8, 4) is 11.8 Å². The fourth-order valence-electron chi connectivity index (χ4n) is 2.23. The van der Waals surface area contributed by atoms with Crippen LogP contribution in [0.5, 0.6) is 5.75 Å². The van der Waals surface area contributed by atoms with Gasteiger partial charge in [-0.05, 0) is 62.4 Å². The molecule has 0 saturated heterocycles. The van der Waals surface area contributed by atoms with Crippen LogP contribution in [0.1, 0.15) is 13.8 Å². The van der Waals surface area contributed by atoms with Crippen LogP contribution in [0, 0.1) is 11.3 Å². The van der Waals surface area contributed by atoms with Crippen LogP contribution in [0.4, 0.5) is 11.4 Å². The summed E-state index contributed by atoms with van der Waals surface area (Å²) in [6.45, 7) is 4.19. The Morgan fingerprint density at radius 3 is 2.21 bits per heavy atom. The summed E-state index contributed by atoms with van der Waals surface area (Å²) >= 11 is 0. The molecule has 0 radical (unpaired) electrons. The number of carbonyl (C=O) groups is 1. The van der Waals surface area contributed by atoms with Crippen LogP contribution < -0.4 is 14.8 Å². The Bertz CT molecular complexity index is 1010. The number of nitrogens with zero attached hydrogens (tertiary/aromatic N) is 1. The van der Waals surface area contributed by atoms with Gasteiger partial charge in [0.15, 0.2) is 5.57 Å². The summed E-state index contributed by atoms with van der Waals surface area (Å²) < 4.78 is 37.6. The highest BCUT2D eigenvalue weighted by atomic mass is 32.2. The largest absolute Gasteiger partial charge is 0.494 e. The molecule has 29 heavy (non-hydrogen) atoms. The topological polar surface area (TPSA) is 118 Å². The summed E-state index contributed by atoms with van der Waals surface area (Å²) in [7, 11) is -3.77. The lowest BCUT2D eigenvalue weighted by atomic mass is 10.3. The minimum Gasteiger partial charge on any atom is -0.494 e. The van der Waals surface area contributed by atoms with Gasteiger partial charge in [-0.1, -0.05) is 0 Å². The standard InChI is InChI=1S/C20H21N3O5S/c1-3-27-18-9-5-17(6-10-18)23-29(25,26)19-11-7-16(8-12-19)22-14-15(13-21)20(24)28-4-2/h5-12,14,22-23H,3-4H2,1-2H3/b15-14+. The van der Waals surface area contributed by atoms with Crippen LogP contribution in [0.25, 0.3) is 0 Å². The van der Waals surface area contributed by atoms with Crippen molar-refractivity contribution in [2.75, 3.05) is 23.3 Å². The highest BCUT2D eigenvalue weighted by molar-refractivity contribution is 7.92. The van der Waals surface area contributed by atoms with Crippen LogP contribution in [-0.4, -0.2) is 27.6 Å². The maximum absolute atomic E-state index is 12.5. The molecular formula is C20H21N3O5S. The Balaban J connectivity index is 2.08. The molecule has 2 N–H and O–H groups in total. The lowest BCUT2D eigenvalue weighted by Crippen LogP contribution is -2.13. The minimum atomic E-state index is -3.77. The summed E-state index contributed by atoms with van der Waals surface area (Å²) in [5, 5.41) is 11.8. The van der Waals surface area contributed by atoms with Gasteiger partial charge in [-0.3, -0.25) is 4.72 Å². The van der Waals surface area contributed by atoms with E-state index in [1.807, 2.05) is 6.92 Å². The predicted octanol–water partition coefficient (Wildman–Crippen LogP) is 3.27. The summed E-state index contributed by atoms with van der Waals surface area (Å²) in [4.78, 5) is 11.6. The first-order chi connectivity index (χ1) is 13.9. The quantitative estimate of drug-likeness (QED) is 0.367. The zero-order valence-corrected chi connectivity index (χ0v) is 16.8. The van der Waals surface area contributed by atoms with E-state index in [0.29, 0.717) is 23.7 Å². The zero-order chi connectivity index (χ0) is 21.3. The van der Waals surface area contributed by atoms with Gasteiger partial charge in [0.05, 0.1) is 18.1 Å².